The second kappa shape index (κ2) is 5.94. The molecule has 1 aromatic heterocycles. The first kappa shape index (κ1) is 13.0. The first-order valence-corrected chi connectivity index (χ1v) is 6.32. The van der Waals surface area contributed by atoms with Gasteiger partial charge in [-0.25, -0.2) is 9.97 Å². The smallest absolute Gasteiger partial charge is 0.115 e. The molecule has 0 radical (unpaired) electrons. The molecule has 0 saturated heterocycles. The summed E-state index contributed by atoms with van der Waals surface area (Å²) in [4.78, 5) is 8.01. The Morgan fingerprint density at radius 3 is 2.50 bits per heavy atom. The molecule has 1 N–H and O–H groups in total. The van der Waals surface area contributed by atoms with E-state index in [1.165, 1.54) is 6.33 Å². The summed E-state index contributed by atoms with van der Waals surface area (Å²) in [5.41, 5.74) is 3.11. The summed E-state index contributed by atoms with van der Waals surface area (Å²) in [6, 6.07) is 6.49. The van der Waals surface area contributed by atoms with Gasteiger partial charge >= 0.3 is 0 Å². The standard InChI is InChI=1S/C14H16ClN3/c1-10(2)18-8-12-4-3-11(5-14(12)15)13-6-16-9-17-7-13/h3-7,9-10,18H,8H2,1-2H3. The van der Waals surface area contributed by atoms with Crippen LogP contribution in [0.1, 0.15) is 19.4 Å². The van der Waals surface area contributed by atoms with Crippen LogP contribution in [0.4, 0.5) is 0 Å². The third-order valence-electron chi connectivity index (χ3n) is 2.65. The van der Waals surface area contributed by atoms with Crippen LogP contribution in [0.3, 0.4) is 0 Å². The van der Waals surface area contributed by atoms with Crippen molar-refractivity contribution in [2.24, 2.45) is 0 Å². The molecule has 18 heavy (non-hydrogen) atoms. The van der Waals surface area contributed by atoms with Crippen molar-refractivity contribution in [3.8, 4) is 11.1 Å². The van der Waals surface area contributed by atoms with Crippen LogP contribution in [0.15, 0.2) is 36.9 Å². The summed E-state index contributed by atoms with van der Waals surface area (Å²) < 4.78 is 0. The van der Waals surface area contributed by atoms with Gasteiger partial charge < -0.3 is 5.32 Å². The van der Waals surface area contributed by atoms with Crippen molar-refractivity contribution in [3.05, 3.63) is 47.5 Å². The van der Waals surface area contributed by atoms with Gasteiger partial charge in [0.2, 0.25) is 0 Å². The largest absolute Gasteiger partial charge is 0.310 e. The predicted molar refractivity (Wildman–Crippen MR) is 74.5 cm³/mol. The molecule has 2 aromatic rings. The number of nitrogens with zero attached hydrogens (tertiary/aromatic N) is 2. The molecular formula is C14H16ClN3. The fourth-order valence-electron chi connectivity index (χ4n) is 1.63. The van der Waals surface area contributed by atoms with E-state index in [1.54, 1.807) is 12.4 Å². The molecule has 1 heterocycles. The van der Waals surface area contributed by atoms with E-state index in [0.717, 1.165) is 28.3 Å². The highest BCUT2D eigenvalue weighted by Crippen LogP contribution is 2.24. The van der Waals surface area contributed by atoms with Gasteiger partial charge in [0.1, 0.15) is 6.33 Å². The van der Waals surface area contributed by atoms with E-state index in [1.807, 2.05) is 18.2 Å². The van der Waals surface area contributed by atoms with Crippen LogP contribution < -0.4 is 5.32 Å². The van der Waals surface area contributed by atoms with Gasteiger partial charge in [0.25, 0.3) is 0 Å². The molecule has 0 aliphatic heterocycles. The van der Waals surface area contributed by atoms with E-state index in [0.29, 0.717) is 6.04 Å². The summed E-state index contributed by atoms with van der Waals surface area (Å²) in [6.07, 6.45) is 5.08. The number of hydrogen-bond donors (Lipinski definition) is 1. The zero-order chi connectivity index (χ0) is 13.0. The van der Waals surface area contributed by atoms with Gasteiger partial charge in [0.05, 0.1) is 0 Å². The van der Waals surface area contributed by atoms with Gasteiger partial charge in [-0.1, -0.05) is 37.6 Å². The zero-order valence-electron chi connectivity index (χ0n) is 10.5. The molecule has 0 aliphatic rings. The minimum absolute atomic E-state index is 0.447. The van der Waals surface area contributed by atoms with Gasteiger partial charge in [-0.05, 0) is 17.2 Å². The predicted octanol–water partition coefficient (Wildman–Crippen LogP) is 3.30. The molecule has 1 aromatic carbocycles. The number of aromatic nitrogens is 2. The second-order valence-corrected chi connectivity index (χ2v) is 4.88. The van der Waals surface area contributed by atoms with Gasteiger partial charge in [0, 0.05) is 35.6 Å². The maximum absolute atomic E-state index is 6.28. The lowest BCUT2D eigenvalue weighted by atomic mass is 10.1. The summed E-state index contributed by atoms with van der Waals surface area (Å²) >= 11 is 6.28. The molecule has 0 atom stereocenters. The van der Waals surface area contributed by atoms with Crippen molar-refractivity contribution in [1.82, 2.24) is 15.3 Å². The minimum atomic E-state index is 0.447. The van der Waals surface area contributed by atoms with E-state index >= 15 is 0 Å². The Kier molecular flexibility index (Phi) is 4.28. The fourth-order valence-corrected chi connectivity index (χ4v) is 1.88. The molecule has 0 fully saturated rings. The van der Waals surface area contributed by atoms with E-state index in [9.17, 15) is 0 Å². The average molecular weight is 262 g/mol. The molecule has 0 bridgehead atoms. The Hall–Kier alpha value is -1.45. The molecule has 0 unspecified atom stereocenters. The van der Waals surface area contributed by atoms with E-state index in [2.05, 4.69) is 29.1 Å². The van der Waals surface area contributed by atoms with Crippen molar-refractivity contribution in [2.75, 3.05) is 0 Å². The van der Waals surface area contributed by atoms with Gasteiger partial charge in [-0.3, -0.25) is 0 Å². The first-order chi connectivity index (χ1) is 8.66. The second-order valence-electron chi connectivity index (χ2n) is 4.47. The van der Waals surface area contributed by atoms with Crippen LogP contribution in [0.2, 0.25) is 5.02 Å². The number of nitrogens with one attached hydrogen (secondary N) is 1. The van der Waals surface area contributed by atoms with Crippen molar-refractivity contribution in [1.29, 1.82) is 0 Å². The highest BCUT2D eigenvalue weighted by Gasteiger charge is 2.04. The number of halogens is 1. The molecule has 0 amide bonds. The van der Waals surface area contributed by atoms with Crippen LogP contribution >= 0.6 is 11.6 Å². The summed E-state index contributed by atoms with van der Waals surface area (Å²) in [6.45, 7) is 5.01. The molecule has 0 saturated carbocycles. The molecule has 2 rings (SSSR count). The third kappa shape index (κ3) is 3.28. The summed E-state index contributed by atoms with van der Waals surface area (Å²) in [5, 5.41) is 4.12. The maximum Gasteiger partial charge on any atom is 0.115 e. The number of hydrogen-bond acceptors (Lipinski definition) is 3. The third-order valence-corrected chi connectivity index (χ3v) is 3.00. The quantitative estimate of drug-likeness (QED) is 0.918. The van der Waals surface area contributed by atoms with Gasteiger partial charge in [-0.2, -0.15) is 0 Å². The molecule has 3 nitrogen and oxygen atoms in total. The average Bonchev–Trinajstić information content (AvgIpc) is 2.38. The molecule has 94 valence electrons. The Labute approximate surface area is 112 Å². The van der Waals surface area contributed by atoms with Gasteiger partial charge in [0.15, 0.2) is 0 Å². The fraction of sp³-hybridized carbons (Fsp3) is 0.286. The highest BCUT2D eigenvalue weighted by atomic mass is 35.5. The maximum atomic E-state index is 6.28. The van der Waals surface area contributed by atoms with Crippen LogP contribution in [0.25, 0.3) is 11.1 Å². The monoisotopic (exact) mass is 261 g/mol. The number of rotatable bonds is 4. The Morgan fingerprint density at radius 2 is 1.89 bits per heavy atom. The lowest BCUT2D eigenvalue weighted by Crippen LogP contribution is -2.21. The molecule has 0 spiro atoms. The lowest BCUT2D eigenvalue weighted by molar-refractivity contribution is 0.589. The lowest BCUT2D eigenvalue weighted by Gasteiger charge is -2.10. The molecule has 0 aliphatic carbocycles. The first-order valence-electron chi connectivity index (χ1n) is 5.94. The summed E-state index contributed by atoms with van der Waals surface area (Å²) in [7, 11) is 0. The van der Waals surface area contributed by atoms with Crippen molar-refractivity contribution < 1.29 is 0 Å². The SMILES string of the molecule is CC(C)NCc1ccc(-c2cncnc2)cc1Cl. The Balaban J connectivity index is 2.20. The van der Waals surface area contributed by atoms with Crippen LogP contribution in [-0.2, 0) is 6.54 Å². The highest BCUT2D eigenvalue weighted by molar-refractivity contribution is 6.31. The van der Waals surface area contributed by atoms with E-state index < -0.39 is 0 Å². The number of benzene rings is 1. The zero-order valence-corrected chi connectivity index (χ0v) is 11.3. The minimum Gasteiger partial charge on any atom is -0.310 e. The van der Waals surface area contributed by atoms with E-state index in [-0.39, 0.29) is 0 Å². The van der Waals surface area contributed by atoms with Crippen LogP contribution in [0, 0.1) is 0 Å². The molecular weight excluding hydrogens is 246 g/mol. The Morgan fingerprint density at radius 1 is 1.17 bits per heavy atom. The normalized spacial score (nSPS) is 10.9. The van der Waals surface area contributed by atoms with Crippen LogP contribution in [0.5, 0.6) is 0 Å². The molecule has 4 heteroatoms. The van der Waals surface area contributed by atoms with E-state index in [4.69, 9.17) is 11.6 Å². The summed E-state index contributed by atoms with van der Waals surface area (Å²) in [5.74, 6) is 0. The van der Waals surface area contributed by atoms with Gasteiger partial charge in [-0.15, -0.1) is 0 Å². The van der Waals surface area contributed by atoms with Crippen LogP contribution in [-0.4, -0.2) is 16.0 Å². The topological polar surface area (TPSA) is 37.8 Å². The van der Waals surface area contributed by atoms with Crippen molar-refractivity contribution in [2.45, 2.75) is 26.4 Å². The Bertz CT molecular complexity index is 512. The van der Waals surface area contributed by atoms with Crippen molar-refractivity contribution in [3.63, 3.8) is 0 Å². The van der Waals surface area contributed by atoms with Crippen molar-refractivity contribution >= 4 is 11.6 Å².